The minimum atomic E-state index is -3.99. The Morgan fingerprint density at radius 3 is 2.44 bits per heavy atom. The third kappa shape index (κ3) is 9.67. The first kappa shape index (κ1) is 45.1. The van der Waals surface area contributed by atoms with Crippen molar-refractivity contribution < 1.29 is 41.7 Å². The second-order valence-corrected chi connectivity index (χ2v) is 21.0. The summed E-state index contributed by atoms with van der Waals surface area (Å²) in [4.78, 5) is 50.1. The number of benzene rings is 3. The predicted octanol–water partition coefficient (Wildman–Crippen LogP) is 11.7. The van der Waals surface area contributed by atoms with E-state index in [4.69, 9.17) is 30.6 Å². The van der Waals surface area contributed by atoms with Gasteiger partial charge in [-0.15, -0.1) is 0 Å². The largest absolute Gasteiger partial charge is 0.488 e. The van der Waals surface area contributed by atoms with Gasteiger partial charge in [-0.25, -0.2) is 13.8 Å². The number of halogens is 3. The fraction of sp³-hybridized carbons (Fsp3) is 0.480. The first-order valence-corrected chi connectivity index (χ1v) is 24.8. The van der Waals surface area contributed by atoms with Crippen molar-refractivity contribution in [1.82, 2.24) is 9.88 Å². The standard InChI is InChI=1S/C50H56ClF2N2O7P/c1-3-60-63(59,31-39-40(52)21-14-22-41(39)53)50-28-35(50)18-11-6-4-5-8-17-34(25-46(57)62-36-19-12-13-20-36)49(58)55-30-37(26-43(55)44(56)29-50)61-45-27-42(33-15-9-7-10-16-33)54-48-38(45)24-23-32(2)47(48)51/h7,9-11,14-16,18,21-24,27,34-37,43H,3-6,8,12-13,17,19-20,25-26,28-31H2,1-2H3/b18-11-/t34-,35-,37-,43+,50-,63?/m1/s1. The zero-order valence-corrected chi connectivity index (χ0v) is 37.7. The molecule has 0 bridgehead atoms. The number of rotatable bonds is 11. The van der Waals surface area contributed by atoms with Crippen LogP contribution in [-0.4, -0.2) is 64.1 Å². The molecule has 0 radical (unpaired) electrons. The number of ketones is 1. The van der Waals surface area contributed by atoms with Crippen LogP contribution >= 0.6 is 19.0 Å². The summed E-state index contributed by atoms with van der Waals surface area (Å²) in [5, 5.41) is -0.0896. The minimum Gasteiger partial charge on any atom is -0.488 e. The highest BCUT2D eigenvalue weighted by Crippen LogP contribution is 2.77. The zero-order valence-electron chi connectivity index (χ0n) is 36.0. The van der Waals surface area contributed by atoms with Crippen molar-refractivity contribution in [3.63, 3.8) is 0 Å². The quantitative estimate of drug-likeness (QED) is 0.0831. The van der Waals surface area contributed by atoms with Crippen LogP contribution < -0.4 is 4.74 Å². The Kier molecular flexibility index (Phi) is 13.9. The van der Waals surface area contributed by atoms with Gasteiger partial charge in [0, 0.05) is 41.3 Å². The molecular weight excluding hydrogens is 845 g/mol. The first-order valence-electron chi connectivity index (χ1n) is 22.6. The molecule has 13 heteroatoms. The maximum absolute atomic E-state index is 15.3. The van der Waals surface area contributed by atoms with Crippen LogP contribution in [0.1, 0.15) is 102 Å². The summed E-state index contributed by atoms with van der Waals surface area (Å²) < 4.78 is 64.6. The number of allylic oxidation sites excluding steroid dienone is 2. The number of Topliss-reactive ketones (excluding diaryl/α,β-unsaturated/α-hetero) is 1. The van der Waals surface area contributed by atoms with E-state index >= 15 is 22.9 Å². The molecule has 3 fully saturated rings. The van der Waals surface area contributed by atoms with E-state index < -0.39 is 54.4 Å². The number of nitrogens with zero attached hydrogens (tertiary/aromatic N) is 2. The van der Waals surface area contributed by atoms with Crippen molar-refractivity contribution in [2.24, 2.45) is 11.8 Å². The summed E-state index contributed by atoms with van der Waals surface area (Å²) in [7, 11) is -3.99. The zero-order chi connectivity index (χ0) is 44.3. The van der Waals surface area contributed by atoms with Gasteiger partial charge in [-0.1, -0.05) is 79.1 Å². The maximum atomic E-state index is 15.3. The molecule has 0 N–H and O–H groups in total. The third-order valence-corrected chi connectivity index (χ3v) is 17.5. The average Bonchev–Trinajstić information content (AvgIpc) is 3.52. The van der Waals surface area contributed by atoms with Crippen LogP contribution in [0.3, 0.4) is 0 Å². The van der Waals surface area contributed by atoms with E-state index in [0.717, 1.165) is 68.2 Å². The Balaban J connectivity index is 1.16. The van der Waals surface area contributed by atoms with Crippen molar-refractivity contribution in [2.75, 3.05) is 13.2 Å². The molecular formula is C50H56ClF2N2O7P. The highest BCUT2D eigenvalue weighted by Gasteiger charge is 2.66. The molecule has 63 heavy (non-hydrogen) atoms. The van der Waals surface area contributed by atoms with Crippen molar-refractivity contribution in [3.05, 3.63) is 107 Å². The topological polar surface area (TPSA) is 112 Å². The van der Waals surface area contributed by atoms with Gasteiger partial charge >= 0.3 is 5.97 Å². The van der Waals surface area contributed by atoms with Gasteiger partial charge in [0.15, 0.2) is 5.78 Å². The number of ether oxygens (including phenoxy) is 2. The van der Waals surface area contributed by atoms with Gasteiger partial charge in [-0.05, 0) is 94.9 Å². The van der Waals surface area contributed by atoms with Crippen LogP contribution in [0.25, 0.3) is 22.2 Å². The molecule has 0 spiro atoms. The molecule has 1 unspecified atom stereocenters. The molecule has 4 aromatic rings. The third-order valence-electron chi connectivity index (χ3n) is 13.5. The molecule has 2 aliphatic heterocycles. The fourth-order valence-electron chi connectivity index (χ4n) is 10.0. The number of carbonyl (C=O) groups is 3. The van der Waals surface area contributed by atoms with E-state index in [-0.39, 0.29) is 61.7 Å². The van der Waals surface area contributed by atoms with Gasteiger partial charge in [0.1, 0.15) is 29.6 Å². The lowest BCUT2D eigenvalue weighted by atomic mass is 9.94. The van der Waals surface area contributed by atoms with Gasteiger partial charge < -0.3 is 18.9 Å². The number of aryl methyl sites for hydroxylation is 1. The normalized spacial score (nSPS) is 26.0. The van der Waals surface area contributed by atoms with Crippen LogP contribution in [-0.2, 0) is 34.4 Å². The molecule has 3 aromatic carbocycles. The number of fused-ring (bicyclic) bond motifs is 3. The molecule has 6 atom stereocenters. The van der Waals surface area contributed by atoms with E-state index in [1.54, 1.807) is 11.8 Å². The Morgan fingerprint density at radius 1 is 0.952 bits per heavy atom. The van der Waals surface area contributed by atoms with Crippen LogP contribution in [0.2, 0.25) is 5.02 Å². The predicted molar refractivity (Wildman–Crippen MR) is 240 cm³/mol. The first-order chi connectivity index (χ1) is 30.4. The molecule has 2 aliphatic carbocycles. The SMILES string of the molecule is CCOP(=O)(Cc1c(F)cccc1F)[C@]12CC(=O)[C@@H]3C[C@@H](Oc4cc(-c5ccccc5)nc5c(Cl)c(C)ccc45)CN3C(=O)[C@@H](CC(=O)OC3CCCC3)CCCCC/C=C\[C@@H]1C2. The number of pyridine rings is 1. The van der Waals surface area contributed by atoms with E-state index in [1.807, 2.05) is 67.6 Å². The number of hydrogen-bond acceptors (Lipinski definition) is 8. The van der Waals surface area contributed by atoms with E-state index in [0.29, 0.717) is 46.6 Å². The molecule has 334 valence electrons. The number of carbonyl (C=O) groups excluding carboxylic acids is 3. The smallest absolute Gasteiger partial charge is 0.306 e. The summed E-state index contributed by atoms with van der Waals surface area (Å²) >= 11 is 6.88. The van der Waals surface area contributed by atoms with Crippen LogP contribution in [0.15, 0.2) is 78.9 Å². The highest BCUT2D eigenvalue weighted by atomic mass is 35.5. The molecule has 1 amide bonds. The number of aromatic nitrogens is 1. The van der Waals surface area contributed by atoms with Crippen LogP contribution in [0, 0.1) is 30.4 Å². The summed E-state index contributed by atoms with van der Waals surface area (Å²) in [6, 6.07) is 17.8. The van der Waals surface area contributed by atoms with Crippen molar-refractivity contribution >= 4 is 47.5 Å². The van der Waals surface area contributed by atoms with Crippen LogP contribution in [0.4, 0.5) is 8.78 Å². The minimum absolute atomic E-state index is 0.0106. The van der Waals surface area contributed by atoms with Crippen molar-refractivity contribution in [2.45, 2.75) is 127 Å². The van der Waals surface area contributed by atoms with Gasteiger partial charge in [0.25, 0.3) is 0 Å². The van der Waals surface area contributed by atoms with Crippen LogP contribution in [0.5, 0.6) is 5.75 Å². The van der Waals surface area contributed by atoms with Crippen molar-refractivity contribution in [3.8, 4) is 17.0 Å². The summed E-state index contributed by atoms with van der Waals surface area (Å²) in [5.41, 5.74) is 2.55. The molecule has 3 heterocycles. The van der Waals surface area contributed by atoms with Gasteiger partial charge in [0.05, 0.1) is 53.2 Å². The Hall–Kier alpha value is -4.44. The van der Waals surface area contributed by atoms with Crippen molar-refractivity contribution in [1.29, 1.82) is 0 Å². The maximum Gasteiger partial charge on any atom is 0.306 e. The fourth-order valence-corrected chi connectivity index (χ4v) is 13.5. The molecule has 1 saturated heterocycles. The monoisotopic (exact) mass is 900 g/mol. The average molecular weight is 901 g/mol. The van der Waals surface area contributed by atoms with E-state index in [1.165, 1.54) is 6.07 Å². The Labute approximate surface area is 373 Å². The lowest BCUT2D eigenvalue weighted by Crippen LogP contribution is -2.45. The Bertz CT molecular complexity index is 2410. The summed E-state index contributed by atoms with van der Waals surface area (Å²) in [5.74, 6) is -3.34. The second-order valence-electron chi connectivity index (χ2n) is 17.8. The lowest BCUT2D eigenvalue weighted by molar-refractivity contribution is -0.154. The second kappa shape index (κ2) is 19.3. The highest BCUT2D eigenvalue weighted by molar-refractivity contribution is 7.60. The molecule has 9 nitrogen and oxygen atoms in total. The van der Waals surface area contributed by atoms with Gasteiger partial charge in [-0.3, -0.25) is 18.9 Å². The van der Waals surface area contributed by atoms with E-state index in [9.17, 15) is 4.79 Å². The molecule has 2 saturated carbocycles. The van der Waals surface area contributed by atoms with E-state index in [2.05, 4.69) is 0 Å². The molecule has 4 aliphatic rings. The molecule has 8 rings (SSSR count). The summed E-state index contributed by atoms with van der Waals surface area (Å²) in [6.07, 6.45) is 9.84. The summed E-state index contributed by atoms with van der Waals surface area (Å²) in [6.45, 7) is 3.65. The molecule has 1 aromatic heterocycles. The van der Waals surface area contributed by atoms with Gasteiger partial charge in [0.2, 0.25) is 13.3 Å². The number of hydrogen-bond donors (Lipinski definition) is 0. The number of amides is 1. The van der Waals surface area contributed by atoms with Gasteiger partial charge in [-0.2, -0.15) is 0 Å². The Morgan fingerprint density at radius 2 is 1.70 bits per heavy atom. The lowest BCUT2D eigenvalue weighted by Gasteiger charge is -2.32. The number of esters is 1.